The Morgan fingerprint density at radius 3 is 2.50 bits per heavy atom. The summed E-state index contributed by atoms with van der Waals surface area (Å²) < 4.78 is 0. The Hall–Kier alpha value is -1.06. The molecule has 4 nitrogen and oxygen atoms in total. The maximum Gasteiger partial charge on any atom is 0.303 e. The molecule has 0 spiro atoms. The first kappa shape index (κ1) is 13.0. The van der Waals surface area contributed by atoms with E-state index in [1.54, 1.807) is 0 Å². The van der Waals surface area contributed by atoms with Crippen LogP contribution in [0.4, 0.5) is 0 Å². The quantitative estimate of drug-likeness (QED) is 0.681. The molecule has 0 aliphatic heterocycles. The normalized spacial score (nSPS) is 24.3. The molecular weight excluding hydrogens is 206 g/mol. The van der Waals surface area contributed by atoms with Crippen LogP contribution in [0.15, 0.2) is 0 Å². The first-order valence-electron chi connectivity index (χ1n) is 6.09. The molecule has 0 aromatic heterocycles. The van der Waals surface area contributed by atoms with Crippen molar-refractivity contribution >= 4 is 11.9 Å². The number of carbonyl (C=O) groups excluding carboxylic acids is 1. The predicted molar refractivity (Wildman–Crippen MR) is 61.0 cm³/mol. The van der Waals surface area contributed by atoms with Gasteiger partial charge in [0.15, 0.2) is 0 Å². The summed E-state index contributed by atoms with van der Waals surface area (Å²) in [4.78, 5) is 21.8. The number of hydrogen-bond donors (Lipinski definition) is 2. The third-order valence-corrected chi connectivity index (χ3v) is 3.10. The Kier molecular flexibility index (Phi) is 5.29. The number of unbranched alkanes of at least 4 members (excludes halogenated alkanes) is 1. The number of carbonyl (C=O) groups is 2. The van der Waals surface area contributed by atoms with Gasteiger partial charge in [0.2, 0.25) is 5.91 Å². The maximum atomic E-state index is 11.5. The molecule has 0 saturated heterocycles. The van der Waals surface area contributed by atoms with Crippen LogP contribution in [-0.2, 0) is 9.59 Å². The summed E-state index contributed by atoms with van der Waals surface area (Å²) >= 11 is 0. The fraction of sp³-hybridized carbons (Fsp3) is 0.833. The van der Waals surface area contributed by atoms with Gasteiger partial charge in [0, 0.05) is 18.9 Å². The number of aliphatic carboxylic acids is 1. The topological polar surface area (TPSA) is 66.4 Å². The summed E-state index contributed by atoms with van der Waals surface area (Å²) in [6, 6.07) is 0.349. The van der Waals surface area contributed by atoms with Crippen molar-refractivity contribution in [2.45, 2.75) is 57.9 Å². The second-order valence-electron chi connectivity index (χ2n) is 4.78. The molecule has 2 unspecified atom stereocenters. The molecule has 1 rings (SSSR count). The largest absolute Gasteiger partial charge is 0.481 e. The minimum atomic E-state index is -0.787. The lowest BCUT2D eigenvalue weighted by molar-refractivity contribution is -0.137. The van der Waals surface area contributed by atoms with Crippen LogP contribution in [0.5, 0.6) is 0 Å². The van der Waals surface area contributed by atoms with Crippen molar-refractivity contribution in [1.82, 2.24) is 5.32 Å². The van der Waals surface area contributed by atoms with Crippen molar-refractivity contribution in [1.29, 1.82) is 0 Å². The van der Waals surface area contributed by atoms with Crippen LogP contribution in [-0.4, -0.2) is 23.0 Å². The third kappa shape index (κ3) is 5.14. The molecule has 0 bridgehead atoms. The van der Waals surface area contributed by atoms with Gasteiger partial charge in [-0.25, -0.2) is 0 Å². The molecule has 1 aliphatic carbocycles. The van der Waals surface area contributed by atoms with Gasteiger partial charge in [-0.15, -0.1) is 0 Å². The lowest BCUT2D eigenvalue weighted by Gasteiger charge is -2.12. The number of carboxylic acids is 1. The zero-order valence-electron chi connectivity index (χ0n) is 9.87. The molecule has 1 aliphatic rings. The second-order valence-corrected chi connectivity index (χ2v) is 4.78. The molecule has 4 heteroatoms. The standard InChI is InChI=1S/C12H21NO3/c1-9-6-7-10(8-9)13-11(14)4-2-3-5-12(15)16/h9-10H,2-8H2,1H3,(H,13,14)(H,15,16). The van der Waals surface area contributed by atoms with E-state index in [1.807, 2.05) is 0 Å². The van der Waals surface area contributed by atoms with Crippen LogP contribution < -0.4 is 5.32 Å². The highest BCUT2D eigenvalue weighted by Crippen LogP contribution is 2.24. The monoisotopic (exact) mass is 227 g/mol. The lowest BCUT2D eigenvalue weighted by atomic mass is 10.1. The van der Waals surface area contributed by atoms with Crippen molar-refractivity contribution in [3.05, 3.63) is 0 Å². The average Bonchev–Trinajstić information content (AvgIpc) is 2.58. The van der Waals surface area contributed by atoms with E-state index in [0.29, 0.717) is 25.3 Å². The van der Waals surface area contributed by atoms with Gasteiger partial charge >= 0.3 is 5.97 Å². The van der Waals surface area contributed by atoms with Gasteiger partial charge in [-0.2, -0.15) is 0 Å². The van der Waals surface area contributed by atoms with Crippen molar-refractivity contribution in [3.63, 3.8) is 0 Å². The fourth-order valence-electron chi connectivity index (χ4n) is 2.20. The first-order chi connectivity index (χ1) is 7.58. The van der Waals surface area contributed by atoms with Crippen molar-refractivity contribution in [2.24, 2.45) is 5.92 Å². The molecule has 0 radical (unpaired) electrons. The van der Waals surface area contributed by atoms with Gasteiger partial charge in [-0.05, 0) is 38.0 Å². The van der Waals surface area contributed by atoms with Gasteiger partial charge < -0.3 is 10.4 Å². The highest BCUT2D eigenvalue weighted by molar-refractivity contribution is 5.76. The van der Waals surface area contributed by atoms with Crippen LogP contribution in [0, 0.1) is 5.92 Å². The smallest absolute Gasteiger partial charge is 0.303 e. The molecule has 1 fully saturated rings. The summed E-state index contributed by atoms with van der Waals surface area (Å²) in [6.07, 6.45) is 5.24. The van der Waals surface area contributed by atoms with E-state index >= 15 is 0 Å². The molecule has 2 atom stereocenters. The summed E-state index contributed by atoms with van der Waals surface area (Å²) in [6.45, 7) is 2.21. The summed E-state index contributed by atoms with van der Waals surface area (Å²) in [7, 11) is 0. The molecule has 2 N–H and O–H groups in total. The SMILES string of the molecule is CC1CCC(NC(=O)CCCCC(=O)O)C1. The van der Waals surface area contributed by atoms with Gasteiger partial charge in [0.1, 0.15) is 0 Å². The molecule has 1 amide bonds. The fourth-order valence-corrected chi connectivity index (χ4v) is 2.20. The van der Waals surface area contributed by atoms with E-state index in [2.05, 4.69) is 12.2 Å². The number of hydrogen-bond acceptors (Lipinski definition) is 2. The lowest BCUT2D eigenvalue weighted by Crippen LogP contribution is -2.32. The molecule has 0 aromatic carbocycles. The second kappa shape index (κ2) is 6.51. The highest BCUT2D eigenvalue weighted by Gasteiger charge is 2.22. The minimum absolute atomic E-state index is 0.0736. The highest BCUT2D eigenvalue weighted by atomic mass is 16.4. The molecule has 0 aromatic rings. The molecule has 16 heavy (non-hydrogen) atoms. The Morgan fingerprint density at radius 1 is 1.25 bits per heavy atom. The summed E-state index contributed by atoms with van der Waals surface area (Å²) in [5.41, 5.74) is 0. The Morgan fingerprint density at radius 2 is 1.94 bits per heavy atom. The maximum absolute atomic E-state index is 11.5. The Labute approximate surface area is 96.4 Å². The molecule has 1 saturated carbocycles. The number of amides is 1. The van der Waals surface area contributed by atoms with E-state index in [1.165, 1.54) is 6.42 Å². The third-order valence-electron chi connectivity index (χ3n) is 3.10. The number of nitrogens with one attached hydrogen (secondary N) is 1. The number of rotatable bonds is 6. The van der Waals surface area contributed by atoms with Gasteiger partial charge in [0.05, 0.1) is 0 Å². The van der Waals surface area contributed by atoms with E-state index in [4.69, 9.17) is 5.11 Å². The summed E-state index contributed by atoms with van der Waals surface area (Å²) in [5, 5.41) is 11.4. The van der Waals surface area contributed by atoms with Crippen LogP contribution >= 0.6 is 0 Å². The Balaban J connectivity index is 2.05. The number of carboxylic acid groups (broad SMARTS) is 1. The molecule has 0 heterocycles. The average molecular weight is 227 g/mol. The zero-order chi connectivity index (χ0) is 12.0. The van der Waals surface area contributed by atoms with Crippen LogP contribution in [0.25, 0.3) is 0 Å². The molecular formula is C12H21NO3. The Bertz CT molecular complexity index is 253. The first-order valence-corrected chi connectivity index (χ1v) is 6.09. The predicted octanol–water partition coefficient (Wildman–Crippen LogP) is 1.94. The molecule has 92 valence electrons. The van der Waals surface area contributed by atoms with Gasteiger partial charge in [0.25, 0.3) is 0 Å². The van der Waals surface area contributed by atoms with Crippen LogP contribution in [0.1, 0.15) is 51.9 Å². The van der Waals surface area contributed by atoms with Crippen molar-refractivity contribution < 1.29 is 14.7 Å². The van der Waals surface area contributed by atoms with E-state index in [9.17, 15) is 9.59 Å². The van der Waals surface area contributed by atoms with E-state index < -0.39 is 5.97 Å². The van der Waals surface area contributed by atoms with Crippen LogP contribution in [0.3, 0.4) is 0 Å². The van der Waals surface area contributed by atoms with Gasteiger partial charge in [-0.3, -0.25) is 9.59 Å². The minimum Gasteiger partial charge on any atom is -0.481 e. The van der Waals surface area contributed by atoms with Crippen molar-refractivity contribution in [3.8, 4) is 0 Å². The summed E-state index contributed by atoms with van der Waals surface area (Å²) in [5.74, 6) is 0.00632. The van der Waals surface area contributed by atoms with E-state index in [0.717, 1.165) is 18.8 Å². The van der Waals surface area contributed by atoms with Crippen LogP contribution in [0.2, 0.25) is 0 Å². The van der Waals surface area contributed by atoms with Gasteiger partial charge in [-0.1, -0.05) is 6.92 Å². The van der Waals surface area contributed by atoms with Crippen molar-refractivity contribution in [2.75, 3.05) is 0 Å². The van der Waals surface area contributed by atoms with E-state index in [-0.39, 0.29) is 12.3 Å². The zero-order valence-corrected chi connectivity index (χ0v) is 9.87.